The van der Waals surface area contributed by atoms with E-state index in [1.807, 2.05) is 12.1 Å². The van der Waals surface area contributed by atoms with E-state index in [1.54, 1.807) is 31.1 Å². The summed E-state index contributed by atoms with van der Waals surface area (Å²) in [6.07, 6.45) is 0.558. The van der Waals surface area contributed by atoms with Crippen molar-refractivity contribution in [1.82, 2.24) is 4.90 Å². The number of nitro groups is 1. The molecular formula is C26H25FN2O6. The Morgan fingerprint density at radius 3 is 2.43 bits per heavy atom. The van der Waals surface area contributed by atoms with Crippen molar-refractivity contribution < 1.29 is 28.3 Å². The van der Waals surface area contributed by atoms with Crippen LogP contribution in [0.15, 0.2) is 54.6 Å². The van der Waals surface area contributed by atoms with Gasteiger partial charge in [0.2, 0.25) is 0 Å². The normalized spacial score (nSPS) is 14.7. The molecule has 4 rings (SSSR count). The Bertz CT molecular complexity index is 1260. The van der Waals surface area contributed by atoms with Crippen molar-refractivity contribution in [2.75, 3.05) is 27.4 Å². The zero-order valence-corrected chi connectivity index (χ0v) is 19.6. The summed E-state index contributed by atoms with van der Waals surface area (Å²) in [6.45, 7) is 2.09. The molecule has 1 amide bonds. The number of carbonyl (C=O) groups excluding carboxylic acids is 1. The number of carbonyl (C=O) groups is 1. The van der Waals surface area contributed by atoms with Crippen LogP contribution >= 0.6 is 0 Å². The van der Waals surface area contributed by atoms with Gasteiger partial charge in [0.25, 0.3) is 11.6 Å². The first kappa shape index (κ1) is 24.0. The lowest BCUT2D eigenvalue weighted by molar-refractivity contribution is -0.385. The van der Waals surface area contributed by atoms with Crippen molar-refractivity contribution in [2.45, 2.75) is 19.4 Å². The van der Waals surface area contributed by atoms with Crippen LogP contribution in [0.2, 0.25) is 0 Å². The quantitative estimate of drug-likeness (QED) is 0.354. The van der Waals surface area contributed by atoms with Gasteiger partial charge in [0.05, 0.1) is 25.2 Å². The third kappa shape index (κ3) is 4.89. The molecule has 0 aromatic heterocycles. The van der Waals surface area contributed by atoms with Gasteiger partial charge in [-0.2, -0.15) is 0 Å². The van der Waals surface area contributed by atoms with Crippen LogP contribution in [0.3, 0.4) is 0 Å². The molecular weight excluding hydrogens is 455 g/mol. The van der Waals surface area contributed by atoms with Gasteiger partial charge in [0, 0.05) is 23.7 Å². The number of fused-ring (bicyclic) bond motifs is 1. The fraction of sp³-hybridized carbons (Fsp3) is 0.269. The Balaban J connectivity index is 1.72. The number of aryl methyl sites for hydroxylation is 1. The smallest absolute Gasteiger partial charge is 0.273 e. The van der Waals surface area contributed by atoms with Crippen LogP contribution in [0.4, 0.5) is 10.1 Å². The van der Waals surface area contributed by atoms with E-state index in [1.165, 1.54) is 37.4 Å². The minimum Gasteiger partial charge on any atom is -0.493 e. The molecule has 1 aliphatic rings. The lowest BCUT2D eigenvalue weighted by atomic mass is 9.91. The van der Waals surface area contributed by atoms with Gasteiger partial charge < -0.3 is 19.1 Å². The van der Waals surface area contributed by atoms with E-state index in [2.05, 4.69) is 0 Å². The maximum atomic E-state index is 13.6. The van der Waals surface area contributed by atoms with Crippen molar-refractivity contribution in [3.8, 4) is 17.2 Å². The molecule has 35 heavy (non-hydrogen) atoms. The van der Waals surface area contributed by atoms with E-state index in [0.29, 0.717) is 35.8 Å². The lowest BCUT2D eigenvalue weighted by Gasteiger charge is -2.37. The van der Waals surface area contributed by atoms with Crippen molar-refractivity contribution in [2.24, 2.45) is 0 Å². The molecule has 0 N–H and O–H groups in total. The second-order valence-corrected chi connectivity index (χ2v) is 8.19. The Labute approximate surface area is 202 Å². The van der Waals surface area contributed by atoms with E-state index in [4.69, 9.17) is 14.2 Å². The number of ether oxygens (including phenoxy) is 3. The average Bonchev–Trinajstić information content (AvgIpc) is 2.86. The first-order chi connectivity index (χ1) is 16.8. The molecule has 1 heterocycles. The van der Waals surface area contributed by atoms with Crippen molar-refractivity contribution in [3.05, 3.63) is 92.8 Å². The van der Waals surface area contributed by atoms with Crippen LogP contribution in [0.5, 0.6) is 17.2 Å². The third-order valence-corrected chi connectivity index (χ3v) is 6.14. The van der Waals surface area contributed by atoms with E-state index >= 15 is 0 Å². The fourth-order valence-electron chi connectivity index (χ4n) is 4.26. The zero-order chi connectivity index (χ0) is 25.1. The molecule has 3 aromatic carbocycles. The standard InChI is InChI=1S/C26H25FN2O6/c1-16-4-5-18(12-22(16)29(31)32)26(30)28-11-10-17-13-24(33-2)25(34-3)14-21(17)23(28)15-35-20-8-6-19(27)7-9-20/h4-9,12-14,23H,10-11,15H2,1-3H3/t23-/m1/s1. The molecule has 0 saturated heterocycles. The second-order valence-electron chi connectivity index (χ2n) is 8.19. The maximum Gasteiger partial charge on any atom is 0.273 e. The summed E-state index contributed by atoms with van der Waals surface area (Å²) in [7, 11) is 3.09. The second kappa shape index (κ2) is 10.0. The molecule has 8 nitrogen and oxygen atoms in total. The molecule has 0 aliphatic carbocycles. The predicted octanol–water partition coefficient (Wildman–Crippen LogP) is 4.88. The fourth-order valence-corrected chi connectivity index (χ4v) is 4.26. The van der Waals surface area contributed by atoms with Crippen LogP contribution < -0.4 is 14.2 Å². The highest BCUT2D eigenvalue weighted by molar-refractivity contribution is 5.95. The van der Waals surface area contributed by atoms with Gasteiger partial charge in [-0.1, -0.05) is 6.07 Å². The summed E-state index contributed by atoms with van der Waals surface area (Å²) < 4.78 is 30.2. The number of hydrogen-bond donors (Lipinski definition) is 0. The summed E-state index contributed by atoms with van der Waals surface area (Å²) in [5.74, 6) is 0.824. The number of hydrogen-bond acceptors (Lipinski definition) is 6. The van der Waals surface area contributed by atoms with E-state index < -0.39 is 11.0 Å². The highest BCUT2D eigenvalue weighted by Crippen LogP contribution is 2.39. The SMILES string of the molecule is COc1cc2c(cc1OC)[C@@H](COc1ccc(F)cc1)N(C(=O)c1ccc(C)c([N+](=O)[O-])c1)CC2. The van der Waals surface area contributed by atoms with E-state index in [0.717, 1.165) is 11.1 Å². The molecule has 0 spiro atoms. The Hall–Kier alpha value is -4.14. The number of rotatable bonds is 7. The molecule has 0 fully saturated rings. The highest BCUT2D eigenvalue weighted by atomic mass is 19.1. The van der Waals surface area contributed by atoms with Crippen LogP contribution in [0, 0.1) is 22.9 Å². The number of halogens is 1. The van der Waals surface area contributed by atoms with Gasteiger partial charge >= 0.3 is 0 Å². The third-order valence-electron chi connectivity index (χ3n) is 6.14. The first-order valence-corrected chi connectivity index (χ1v) is 11.0. The minimum atomic E-state index is -0.517. The Morgan fingerprint density at radius 1 is 1.09 bits per heavy atom. The van der Waals surface area contributed by atoms with Crippen molar-refractivity contribution in [1.29, 1.82) is 0 Å². The number of benzene rings is 3. The largest absolute Gasteiger partial charge is 0.493 e. The summed E-state index contributed by atoms with van der Waals surface area (Å²) >= 11 is 0. The topological polar surface area (TPSA) is 91.1 Å². The van der Waals surface area contributed by atoms with Crippen LogP contribution in [0.1, 0.15) is 33.1 Å². The number of amides is 1. The molecule has 0 bridgehead atoms. The maximum absolute atomic E-state index is 13.6. The molecule has 0 radical (unpaired) electrons. The molecule has 9 heteroatoms. The molecule has 1 aliphatic heterocycles. The van der Waals surface area contributed by atoms with Crippen molar-refractivity contribution >= 4 is 11.6 Å². The molecule has 1 atom stereocenters. The van der Waals surface area contributed by atoms with Crippen LogP contribution in [-0.4, -0.2) is 43.1 Å². The van der Waals surface area contributed by atoms with Gasteiger partial charge in [-0.05, 0) is 66.9 Å². The monoisotopic (exact) mass is 480 g/mol. The van der Waals surface area contributed by atoms with Crippen molar-refractivity contribution in [3.63, 3.8) is 0 Å². The van der Waals surface area contributed by atoms with E-state index in [9.17, 15) is 19.3 Å². The first-order valence-electron chi connectivity index (χ1n) is 11.0. The molecule has 0 unspecified atom stereocenters. The van der Waals surface area contributed by atoms with Gasteiger partial charge in [0.1, 0.15) is 18.2 Å². The summed E-state index contributed by atoms with van der Waals surface area (Å²) in [6, 6.07) is 13.3. The number of methoxy groups -OCH3 is 2. The van der Waals surface area contributed by atoms with Crippen LogP contribution in [0.25, 0.3) is 0 Å². The van der Waals surface area contributed by atoms with E-state index in [-0.39, 0.29) is 29.6 Å². The highest BCUT2D eigenvalue weighted by Gasteiger charge is 2.34. The molecule has 182 valence electrons. The van der Waals surface area contributed by atoms with Gasteiger partial charge in [-0.25, -0.2) is 4.39 Å². The summed E-state index contributed by atoms with van der Waals surface area (Å²) in [5, 5.41) is 11.4. The predicted molar refractivity (Wildman–Crippen MR) is 127 cm³/mol. The lowest BCUT2D eigenvalue weighted by Crippen LogP contribution is -2.42. The summed E-state index contributed by atoms with van der Waals surface area (Å²) in [4.78, 5) is 26.2. The zero-order valence-electron chi connectivity index (χ0n) is 19.6. The summed E-state index contributed by atoms with van der Waals surface area (Å²) in [5.41, 5.74) is 2.39. The van der Waals surface area contributed by atoms with Gasteiger partial charge in [-0.15, -0.1) is 0 Å². The Kier molecular flexibility index (Phi) is 6.86. The van der Waals surface area contributed by atoms with Gasteiger partial charge in [0.15, 0.2) is 11.5 Å². The minimum absolute atomic E-state index is 0.0911. The average molecular weight is 480 g/mol. The molecule has 0 saturated carbocycles. The number of nitro benzene ring substituents is 1. The Morgan fingerprint density at radius 2 is 1.77 bits per heavy atom. The van der Waals surface area contributed by atoms with Crippen LogP contribution in [-0.2, 0) is 6.42 Å². The van der Waals surface area contributed by atoms with Gasteiger partial charge in [-0.3, -0.25) is 14.9 Å². The number of nitrogens with zero attached hydrogens (tertiary/aromatic N) is 2. The molecule has 3 aromatic rings.